The third-order valence-electron chi connectivity index (χ3n) is 3.36. The van der Waals surface area contributed by atoms with E-state index in [0.29, 0.717) is 5.92 Å². The fourth-order valence-corrected chi connectivity index (χ4v) is 2.79. The number of anilines is 1. The first-order chi connectivity index (χ1) is 8.36. The summed E-state index contributed by atoms with van der Waals surface area (Å²) in [5.41, 5.74) is 3.79. The van der Waals surface area contributed by atoms with E-state index in [2.05, 4.69) is 41.7 Å². The van der Waals surface area contributed by atoms with Crippen molar-refractivity contribution in [3.05, 3.63) is 64.7 Å². The van der Waals surface area contributed by atoms with E-state index in [0.717, 1.165) is 23.7 Å². The van der Waals surface area contributed by atoms with Gasteiger partial charge in [-0.25, -0.2) is 0 Å². The zero-order valence-corrected chi connectivity index (χ0v) is 10.2. The van der Waals surface area contributed by atoms with Crippen LogP contribution in [0.25, 0.3) is 0 Å². The van der Waals surface area contributed by atoms with Crippen LogP contribution in [0.5, 0.6) is 0 Å². The van der Waals surface area contributed by atoms with E-state index >= 15 is 0 Å². The molecule has 0 aromatic heterocycles. The molecule has 0 radical (unpaired) electrons. The fraction of sp³-hybridized carbons (Fsp3) is 0.200. The Labute approximate surface area is 106 Å². The molecule has 1 aliphatic rings. The lowest BCUT2D eigenvalue weighted by Crippen LogP contribution is -2.17. The largest absolute Gasteiger partial charge is 0.384 e. The summed E-state index contributed by atoms with van der Waals surface area (Å²) in [6.07, 6.45) is 1.12. The van der Waals surface area contributed by atoms with Crippen LogP contribution < -0.4 is 5.32 Å². The van der Waals surface area contributed by atoms with E-state index in [1.807, 2.05) is 12.1 Å². The smallest absolute Gasteiger partial charge is 0.0640 e. The van der Waals surface area contributed by atoms with Gasteiger partial charge in [0.15, 0.2) is 0 Å². The van der Waals surface area contributed by atoms with Gasteiger partial charge in [-0.05, 0) is 23.6 Å². The van der Waals surface area contributed by atoms with Gasteiger partial charge in [0.2, 0.25) is 0 Å². The van der Waals surface area contributed by atoms with E-state index in [4.69, 9.17) is 11.6 Å². The molecule has 1 N–H and O–H groups in total. The molecule has 17 heavy (non-hydrogen) atoms. The Hall–Kier alpha value is -1.47. The summed E-state index contributed by atoms with van der Waals surface area (Å²) in [4.78, 5) is 0. The average Bonchev–Trinajstić information content (AvgIpc) is 2.40. The van der Waals surface area contributed by atoms with Crippen molar-refractivity contribution in [3.63, 3.8) is 0 Å². The van der Waals surface area contributed by atoms with Gasteiger partial charge in [-0.3, -0.25) is 0 Å². The Morgan fingerprint density at radius 3 is 2.65 bits per heavy atom. The summed E-state index contributed by atoms with van der Waals surface area (Å²) in [7, 11) is 0. The van der Waals surface area contributed by atoms with Crippen molar-refractivity contribution in [3.8, 4) is 0 Å². The van der Waals surface area contributed by atoms with Gasteiger partial charge >= 0.3 is 0 Å². The monoisotopic (exact) mass is 243 g/mol. The number of para-hydroxylation sites is 1. The molecular weight excluding hydrogens is 230 g/mol. The zero-order valence-electron chi connectivity index (χ0n) is 9.49. The van der Waals surface area contributed by atoms with Crippen LogP contribution in [0, 0.1) is 0 Å². The molecule has 1 atom stereocenters. The predicted molar refractivity (Wildman–Crippen MR) is 72.8 cm³/mol. The van der Waals surface area contributed by atoms with Gasteiger partial charge in [-0.1, -0.05) is 54.1 Å². The third-order valence-corrected chi connectivity index (χ3v) is 3.67. The lowest BCUT2D eigenvalue weighted by Gasteiger charge is -2.27. The van der Waals surface area contributed by atoms with Gasteiger partial charge in [-0.2, -0.15) is 0 Å². The van der Waals surface area contributed by atoms with Crippen LogP contribution in [0.1, 0.15) is 23.5 Å². The maximum Gasteiger partial charge on any atom is 0.0640 e. The standard InChI is InChI=1S/C15H14ClN/c16-14-8-4-7-13-12(9-10-17-15(13)14)11-5-2-1-3-6-11/h1-8,12,17H,9-10H2. The van der Waals surface area contributed by atoms with E-state index < -0.39 is 0 Å². The Balaban J connectivity index is 2.09. The Morgan fingerprint density at radius 1 is 1.00 bits per heavy atom. The van der Waals surface area contributed by atoms with Crippen LogP contribution in [0.2, 0.25) is 5.02 Å². The van der Waals surface area contributed by atoms with Crippen molar-refractivity contribution < 1.29 is 0 Å². The number of fused-ring (bicyclic) bond motifs is 1. The second-order valence-corrected chi connectivity index (χ2v) is 4.79. The first-order valence-electron chi connectivity index (χ1n) is 5.93. The molecule has 0 bridgehead atoms. The van der Waals surface area contributed by atoms with Crippen LogP contribution in [0.3, 0.4) is 0 Å². The minimum atomic E-state index is 0.464. The van der Waals surface area contributed by atoms with Gasteiger partial charge in [0.05, 0.1) is 10.7 Å². The molecule has 2 aromatic rings. The second-order valence-electron chi connectivity index (χ2n) is 4.38. The van der Waals surface area contributed by atoms with Gasteiger partial charge in [0.25, 0.3) is 0 Å². The van der Waals surface area contributed by atoms with Crippen molar-refractivity contribution in [1.29, 1.82) is 0 Å². The Morgan fingerprint density at radius 2 is 1.82 bits per heavy atom. The van der Waals surface area contributed by atoms with E-state index in [-0.39, 0.29) is 0 Å². The molecule has 0 spiro atoms. The minimum absolute atomic E-state index is 0.464. The summed E-state index contributed by atoms with van der Waals surface area (Å²) in [5.74, 6) is 0.464. The van der Waals surface area contributed by atoms with Gasteiger partial charge in [0.1, 0.15) is 0 Å². The number of rotatable bonds is 1. The van der Waals surface area contributed by atoms with Crippen LogP contribution in [0.4, 0.5) is 5.69 Å². The summed E-state index contributed by atoms with van der Waals surface area (Å²) in [5, 5.41) is 4.22. The maximum absolute atomic E-state index is 6.23. The average molecular weight is 244 g/mol. The number of hydrogen-bond donors (Lipinski definition) is 1. The molecule has 0 saturated carbocycles. The molecule has 0 amide bonds. The minimum Gasteiger partial charge on any atom is -0.384 e. The van der Waals surface area contributed by atoms with Gasteiger partial charge in [0, 0.05) is 12.5 Å². The highest BCUT2D eigenvalue weighted by Crippen LogP contribution is 2.39. The van der Waals surface area contributed by atoms with Gasteiger partial charge < -0.3 is 5.32 Å². The Bertz CT molecular complexity index is 522. The first kappa shape index (κ1) is 10.7. The normalized spacial score (nSPS) is 18.3. The number of benzene rings is 2. The Kier molecular flexibility index (Phi) is 2.77. The SMILES string of the molecule is Clc1cccc2c1NCCC2c1ccccc1. The van der Waals surface area contributed by atoms with Crippen LogP contribution >= 0.6 is 11.6 Å². The molecule has 2 heteroatoms. The lowest BCUT2D eigenvalue weighted by molar-refractivity contribution is 0.720. The molecule has 3 rings (SSSR count). The molecule has 1 unspecified atom stereocenters. The quantitative estimate of drug-likeness (QED) is 0.788. The van der Waals surface area contributed by atoms with Gasteiger partial charge in [-0.15, -0.1) is 0 Å². The molecule has 0 saturated heterocycles. The van der Waals surface area contributed by atoms with Crippen LogP contribution in [0.15, 0.2) is 48.5 Å². The van der Waals surface area contributed by atoms with Crippen LogP contribution in [-0.2, 0) is 0 Å². The summed E-state index contributed by atoms with van der Waals surface area (Å²) >= 11 is 6.23. The van der Waals surface area contributed by atoms with Crippen molar-refractivity contribution in [2.75, 3.05) is 11.9 Å². The van der Waals surface area contributed by atoms with Crippen molar-refractivity contribution >= 4 is 17.3 Å². The molecule has 0 fully saturated rings. The van der Waals surface area contributed by atoms with Crippen molar-refractivity contribution in [2.45, 2.75) is 12.3 Å². The predicted octanol–water partition coefficient (Wildman–Crippen LogP) is 4.29. The number of hydrogen-bond acceptors (Lipinski definition) is 1. The maximum atomic E-state index is 6.23. The molecule has 1 nitrogen and oxygen atoms in total. The number of nitrogens with one attached hydrogen (secondary N) is 1. The molecule has 86 valence electrons. The molecule has 1 heterocycles. The number of halogens is 1. The van der Waals surface area contributed by atoms with E-state index in [1.54, 1.807) is 0 Å². The molecule has 0 aliphatic carbocycles. The zero-order chi connectivity index (χ0) is 11.7. The van der Waals surface area contributed by atoms with E-state index in [1.165, 1.54) is 11.1 Å². The van der Waals surface area contributed by atoms with Crippen molar-refractivity contribution in [1.82, 2.24) is 0 Å². The van der Waals surface area contributed by atoms with Crippen LogP contribution in [-0.4, -0.2) is 6.54 Å². The highest BCUT2D eigenvalue weighted by molar-refractivity contribution is 6.33. The fourth-order valence-electron chi connectivity index (χ4n) is 2.55. The lowest BCUT2D eigenvalue weighted by atomic mass is 9.85. The second kappa shape index (κ2) is 4.42. The molecule has 2 aromatic carbocycles. The molecular formula is C15H14ClN. The topological polar surface area (TPSA) is 12.0 Å². The highest BCUT2D eigenvalue weighted by Gasteiger charge is 2.22. The third kappa shape index (κ3) is 1.91. The summed E-state index contributed by atoms with van der Waals surface area (Å²) in [6.45, 7) is 0.982. The van der Waals surface area contributed by atoms with E-state index in [9.17, 15) is 0 Å². The summed E-state index contributed by atoms with van der Waals surface area (Å²) in [6, 6.07) is 16.8. The highest BCUT2D eigenvalue weighted by atomic mass is 35.5. The first-order valence-corrected chi connectivity index (χ1v) is 6.31. The molecule has 1 aliphatic heterocycles. The summed E-state index contributed by atoms with van der Waals surface area (Å²) < 4.78 is 0. The van der Waals surface area contributed by atoms with Crippen molar-refractivity contribution in [2.24, 2.45) is 0 Å².